The number of nitrogens with zero attached hydrogens (tertiary/aromatic N) is 1. The Bertz CT molecular complexity index is 728. The number of aliphatic hydroxyl groups excluding tert-OH is 1. The average Bonchev–Trinajstić information content (AvgIpc) is 2.51. The van der Waals surface area contributed by atoms with Crippen LogP contribution in [0.15, 0.2) is 0 Å². The van der Waals surface area contributed by atoms with Gasteiger partial charge in [-0.05, 0) is 82.1 Å². The summed E-state index contributed by atoms with van der Waals surface area (Å²) in [6.07, 6.45) is -3.58. The molecule has 2 amide bonds. The first-order valence-electron chi connectivity index (χ1n) is 10.4. The third-order valence-electron chi connectivity index (χ3n) is 3.41. The second-order valence-corrected chi connectivity index (χ2v) is 10.3. The first-order chi connectivity index (χ1) is 14.2. The van der Waals surface area contributed by atoms with Crippen molar-refractivity contribution in [1.82, 2.24) is 4.90 Å². The molecule has 9 heteroatoms. The van der Waals surface area contributed by atoms with Crippen LogP contribution in [0.1, 0.15) is 82.1 Å². The van der Waals surface area contributed by atoms with Crippen molar-refractivity contribution in [3.63, 3.8) is 0 Å². The van der Waals surface area contributed by atoms with Crippen molar-refractivity contribution in [2.24, 2.45) is 0 Å². The van der Waals surface area contributed by atoms with Gasteiger partial charge in [-0.15, -0.1) is 0 Å². The number of carbonyl (C=O) groups excluding carboxylic acids is 4. The maximum absolute atomic E-state index is 12.7. The molecule has 0 aliphatic heterocycles. The van der Waals surface area contributed by atoms with E-state index in [9.17, 15) is 24.3 Å². The van der Waals surface area contributed by atoms with Crippen LogP contribution in [0.4, 0.5) is 9.59 Å². The Labute approximate surface area is 190 Å². The number of amides is 2. The highest BCUT2D eigenvalue weighted by Crippen LogP contribution is 2.20. The molecule has 1 N–H and O–H groups in total. The molecule has 0 bridgehead atoms. The van der Waals surface area contributed by atoms with Gasteiger partial charge in [-0.1, -0.05) is 5.92 Å². The first kappa shape index (κ1) is 29.4. The summed E-state index contributed by atoms with van der Waals surface area (Å²) in [4.78, 5) is 50.0. The third kappa shape index (κ3) is 13.0. The Morgan fingerprint density at radius 3 is 1.53 bits per heavy atom. The molecule has 0 aliphatic carbocycles. The van der Waals surface area contributed by atoms with Crippen molar-refractivity contribution in [1.29, 1.82) is 0 Å². The fourth-order valence-corrected chi connectivity index (χ4v) is 2.30. The minimum atomic E-state index is -1.29. The van der Waals surface area contributed by atoms with Gasteiger partial charge in [-0.25, -0.2) is 19.3 Å². The molecule has 0 aromatic heterocycles. The van der Waals surface area contributed by atoms with Gasteiger partial charge < -0.3 is 19.3 Å². The summed E-state index contributed by atoms with van der Waals surface area (Å²) in [5.41, 5.74) is -2.56. The number of rotatable bonds is 5. The van der Waals surface area contributed by atoms with E-state index in [0.29, 0.717) is 4.90 Å². The molecule has 2 unspecified atom stereocenters. The summed E-state index contributed by atoms with van der Waals surface area (Å²) in [5.74, 6) is 3.22. The van der Waals surface area contributed by atoms with E-state index < -0.39 is 52.9 Å². The van der Waals surface area contributed by atoms with E-state index in [1.807, 2.05) is 0 Å². The molecule has 0 aromatic carbocycles. The van der Waals surface area contributed by atoms with E-state index in [1.54, 1.807) is 62.3 Å². The number of aliphatic hydroxyl groups is 1. The molecule has 182 valence electrons. The summed E-state index contributed by atoms with van der Waals surface area (Å²) in [6.45, 7) is 16.0. The lowest BCUT2D eigenvalue weighted by molar-refractivity contribution is -0.147. The number of imide groups is 1. The van der Waals surface area contributed by atoms with E-state index in [-0.39, 0.29) is 12.8 Å². The van der Waals surface area contributed by atoms with E-state index >= 15 is 0 Å². The molecular formula is C23H37NO8. The monoisotopic (exact) mass is 455 g/mol. The molecule has 9 nitrogen and oxygen atoms in total. The largest absolute Gasteiger partial charge is 0.450 e. The van der Waals surface area contributed by atoms with Crippen LogP contribution in [-0.4, -0.2) is 62.9 Å². The number of hydrogen-bond acceptors (Lipinski definition) is 8. The van der Waals surface area contributed by atoms with E-state index in [4.69, 9.17) is 14.2 Å². The lowest BCUT2D eigenvalue weighted by atomic mass is 10.0. The summed E-state index contributed by atoms with van der Waals surface area (Å²) in [5, 5.41) is 10.1. The Kier molecular flexibility index (Phi) is 10.4. The quantitative estimate of drug-likeness (QED) is 0.289. The van der Waals surface area contributed by atoms with Crippen molar-refractivity contribution >= 4 is 23.9 Å². The lowest BCUT2D eigenvalue weighted by Gasteiger charge is -2.32. The Morgan fingerprint density at radius 1 is 0.781 bits per heavy atom. The van der Waals surface area contributed by atoms with Crippen molar-refractivity contribution in [3.05, 3.63) is 0 Å². The number of carbonyl (C=O) groups is 4. The topological polar surface area (TPSA) is 119 Å². The van der Waals surface area contributed by atoms with E-state index in [1.165, 1.54) is 6.92 Å². The number of ketones is 1. The van der Waals surface area contributed by atoms with Gasteiger partial charge in [-0.3, -0.25) is 4.79 Å². The number of ether oxygens (including phenoxy) is 3. The molecule has 0 aromatic rings. The molecule has 0 saturated carbocycles. The van der Waals surface area contributed by atoms with Crippen LogP contribution in [0.5, 0.6) is 0 Å². The van der Waals surface area contributed by atoms with Crippen LogP contribution >= 0.6 is 0 Å². The molecule has 0 radical (unpaired) electrons. The maximum atomic E-state index is 12.7. The highest BCUT2D eigenvalue weighted by Gasteiger charge is 2.38. The van der Waals surface area contributed by atoms with E-state index in [2.05, 4.69) is 11.8 Å². The minimum absolute atomic E-state index is 0.0951. The van der Waals surface area contributed by atoms with Crippen molar-refractivity contribution < 1.29 is 38.5 Å². The van der Waals surface area contributed by atoms with Crippen LogP contribution in [0.2, 0.25) is 0 Å². The minimum Gasteiger partial charge on any atom is -0.450 e. The molecule has 2 atom stereocenters. The second-order valence-electron chi connectivity index (χ2n) is 10.3. The predicted octanol–water partition coefficient (Wildman–Crippen LogP) is 3.60. The smallest absolute Gasteiger partial charge is 0.420 e. The zero-order valence-corrected chi connectivity index (χ0v) is 20.8. The Hall–Kier alpha value is -2.60. The number of esters is 1. The van der Waals surface area contributed by atoms with Gasteiger partial charge in [0.1, 0.15) is 28.9 Å². The van der Waals surface area contributed by atoms with Crippen molar-refractivity contribution in [2.45, 2.75) is 111 Å². The van der Waals surface area contributed by atoms with Gasteiger partial charge in [0, 0.05) is 5.92 Å². The van der Waals surface area contributed by atoms with E-state index in [0.717, 1.165) is 0 Å². The fraction of sp³-hybridized carbons (Fsp3) is 0.739. The zero-order chi connectivity index (χ0) is 25.5. The highest BCUT2D eigenvalue weighted by molar-refractivity contribution is 5.95. The zero-order valence-electron chi connectivity index (χ0n) is 20.8. The van der Waals surface area contributed by atoms with Crippen LogP contribution in [0.3, 0.4) is 0 Å². The molecule has 0 fully saturated rings. The summed E-state index contributed by atoms with van der Waals surface area (Å²) < 4.78 is 15.6. The lowest BCUT2D eigenvalue weighted by Crippen LogP contribution is -2.51. The first-order valence-corrected chi connectivity index (χ1v) is 10.4. The summed E-state index contributed by atoms with van der Waals surface area (Å²) in [7, 11) is 0. The van der Waals surface area contributed by atoms with Gasteiger partial charge in [0.05, 0.1) is 0 Å². The molecule has 0 heterocycles. The van der Waals surface area contributed by atoms with Crippen LogP contribution < -0.4 is 0 Å². The molecule has 32 heavy (non-hydrogen) atoms. The normalized spacial score (nSPS) is 13.7. The standard InChI is InChI=1S/C23H37NO8/c1-15(25)17(13-11-16(26)12-14-18(27)30-21(2,3)4)24(19(28)31-22(5,6)7)20(29)32-23(8,9)10/h16-17,26H,11,13H2,1-10H3. The maximum Gasteiger partial charge on any atom is 0.420 e. The van der Waals surface area contributed by atoms with Gasteiger partial charge in [0.2, 0.25) is 0 Å². The van der Waals surface area contributed by atoms with Crippen LogP contribution in [-0.2, 0) is 23.8 Å². The molecular weight excluding hydrogens is 418 g/mol. The predicted molar refractivity (Wildman–Crippen MR) is 118 cm³/mol. The fourth-order valence-electron chi connectivity index (χ4n) is 2.30. The summed E-state index contributed by atoms with van der Waals surface area (Å²) >= 11 is 0. The van der Waals surface area contributed by atoms with Crippen LogP contribution in [0.25, 0.3) is 0 Å². The number of hydrogen-bond donors (Lipinski definition) is 1. The van der Waals surface area contributed by atoms with Gasteiger partial charge in [0.15, 0.2) is 5.78 Å². The van der Waals surface area contributed by atoms with Crippen LogP contribution in [0, 0.1) is 11.8 Å². The molecule has 0 spiro atoms. The van der Waals surface area contributed by atoms with Gasteiger partial charge in [-0.2, -0.15) is 0 Å². The van der Waals surface area contributed by atoms with Gasteiger partial charge >= 0.3 is 18.2 Å². The number of Topliss-reactive ketones (excluding diaryl/α,β-unsaturated/α-hetero) is 1. The molecule has 0 aliphatic rings. The Morgan fingerprint density at radius 2 is 1.19 bits per heavy atom. The highest BCUT2D eigenvalue weighted by atomic mass is 16.6. The van der Waals surface area contributed by atoms with Gasteiger partial charge in [0.25, 0.3) is 0 Å². The average molecular weight is 456 g/mol. The molecule has 0 saturated heterocycles. The van der Waals surface area contributed by atoms with Crippen molar-refractivity contribution in [3.8, 4) is 11.8 Å². The Balaban J connectivity index is 5.59. The second kappa shape index (κ2) is 11.3. The molecule has 0 rings (SSSR count). The van der Waals surface area contributed by atoms with Crippen molar-refractivity contribution in [2.75, 3.05) is 0 Å². The third-order valence-corrected chi connectivity index (χ3v) is 3.41. The summed E-state index contributed by atoms with van der Waals surface area (Å²) in [6, 6.07) is -1.25. The SMILES string of the molecule is CC(=O)C(CCC(O)C#CC(=O)OC(C)(C)C)N(C(=O)OC(C)(C)C)C(=O)OC(C)(C)C.